The highest BCUT2D eigenvalue weighted by molar-refractivity contribution is 6.33. The molecule has 2 heterocycles. The predicted molar refractivity (Wildman–Crippen MR) is 88.9 cm³/mol. The van der Waals surface area contributed by atoms with Crippen molar-refractivity contribution in [1.82, 2.24) is 14.7 Å². The van der Waals surface area contributed by atoms with Gasteiger partial charge in [-0.1, -0.05) is 25.4 Å². The molecule has 0 radical (unpaired) electrons. The Morgan fingerprint density at radius 1 is 1.50 bits per heavy atom. The van der Waals surface area contributed by atoms with Crippen LogP contribution in [0, 0.1) is 11.3 Å². The van der Waals surface area contributed by atoms with Gasteiger partial charge in [-0.15, -0.1) is 0 Å². The maximum Gasteiger partial charge on any atom is 0.314 e. The molecule has 0 aromatic carbocycles. The number of nitrogens with zero attached hydrogens (tertiary/aromatic N) is 3. The standard InChI is InChI=1S/C16H24ClN3O4/c1-10(2)4-6-16(15(23)24)9-20(7-5-12(16)21)14(22)13-11(17)8-18-19(13)3/h8,10,12,21H,4-7,9H2,1-3H3,(H,23,24)/t12-,16-/m1/s1. The van der Waals surface area contributed by atoms with E-state index >= 15 is 0 Å². The lowest BCUT2D eigenvalue weighted by Crippen LogP contribution is -2.57. The summed E-state index contributed by atoms with van der Waals surface area (Å²) in [6, 6.07) is 0. The van der Waals surface area contributed by atoms with E-state index in [0.29, 0.717) is 18.8 Å². The second kappa shape index (κ2) is 7.11. The third kappa shape index (κ3) is 3.42. The van der Waals surface area contributed by atoms with E-state index in [1.54, 1.807) is 7.05 Å². The summed E-state index contributed by atoms with van der Waals surface area (Å²) < 4.78 is 1.38. The van der Waals surface area contributed by atoms with Crippen molar-refractivity contribution in [2.45, 2.75) is 39.2 Å². The molecule has 1 saturated heterocycles. The molecule has 1 aliphatic rings. The molecule has 134 valence electrons. The van der Waals surface area contributed by atoms with E-state index < -0.39 is 17.5 Å². The SMILES string of the molecule is CC(C)CC[C@@]1(C(=O)O)CN(C(=O)c2c(Cl)cnn2C)CC[C@H]1O. The Morgan fingerprint density at radius 3 is 2.67 bits per heavy atom. The number of carbonyl (C=O) groups is 2. The number of carbonyl (C=O) groups excluding carboxylic acids is 1. The summed E-state index contributed by atoms with van der Waals surface area (Å²) in [5.41, 5.74) is -1.11. The molecule has 1 aromatic heterocycles. The normalized spacial score (nSPS) is 24.4. The van der Waals surface area contributed by atoms with Crippen LogP contribution in [-0.2, 0) is 11.8 Å². The number of halogens is 1. The van der Waals surface area contributed by atoms with Crippen LogP contribution in [-0.4, -0.2) is 56.0 Å². The Hall–Kier alpha value is -1.60. The van der Waals surface area contributed by atoms with Gasteiger partial charge >= 0.3 is 5.97 Å². The van der Waals surface area contributed by atoms with E-state index in [0.717, 1.165) is 0 Å². The lowest BCUT2D eigenvalue weighted by atomic mass is 9.72. The van der Waals surface area contributed by atoms with Gasteiger partial charge < -0.3 is 15.1 Å². The van der Waals surface area contributed by atoms with Gasteiger partial charge in [-0.05, 0) is 25.2 Å². The minimum atomic E-state index is -1.34. The molecule has 1 fully saturated rings. The molecule has 1 amide bonds. The van der Waals surface area contributed by atoms with Gasteiger partial charge in [-0.25, -0.2) is 0 Å². The number of carboxylic acid groups (broad SMARTS) is 1. The zero-order chi connectivity index (χ0) is 18.1. The van der Waals surface area contributed by atoms with Crippen LogP contribution >= 0.6 is 11.6 Å². The van der Waals surface area contributed by atoms with Crippen molar-refractivity contribution in [1.29, 1.82) is 0 Å². The van der Waals surface area contributed by atoms with Crippen LogP contribution in [0.3, 0.4) is 0 Å². The fourth-order valence-corrected chi connectivity index (χ4v) is 3.41. The zero-order valence-corrected chi connectivity index (χ0v) is 15.0. The molecule has 7 nitrogen and oxygen atoms in total. The number of amides is 1. The number of carboxylic acids is 1. The Bertz CT molecular complexity index is 611. The van der Waals surface area contributed by atoms with E-state index in [-0.39, 0.29) is 36.1 Å². The fourth-order valence-electron chi connectivity index (χ4n) is 3.16. The quantitative estimate of drug-likeness (QED) is 0.837. The minimum absolute atomic E-state index is 0.0312. The highest BCUT2D eigenvalue weighted by Gasteiger charge is 2.50. The third-order valence-electron chi connectivity index (χ3n) is 4.76. The number of hydrogen-bond acceptors (Lipinski definition) is 4. The average Bonchev–Trinajstić information content (AvgIpc) is 2.84. The number of likely N-dealkylation sites (tertiary alicyclic amines) is 1. The van der Waals surface area contributed by atoms with E-state index in [4.69, 9.17) is 11.6 Å². The lowest BCUT2D eigenvalue weighted by Gasteiger charge is -2.43. The molecule has 1 aromatic rings. The summed E-state index contributed by atoms with van der Waals surface area (Å²) in [7, 11) is 1.61. The van der Waals surface area contributed by atoms with Crippen molar-refractivity contribution in [3.8, 4) is 0 Å². The van der Waals surface area contributed by atoms with Crippen LogP contribution in [0.1, 0.15) is 43.6 Å². The number of rotatable bonds is 5. The third-order valence-corrected chi connectivity index (χ3v) is 5.04. The number of aliphatic carboxylic acids is 1. The zero-order valence-electron chi connectivity index (χ0n) is 14.2. The van der Waals surface area contributed by atoms with Gasteiger partial charge in [-0.2, -0.15) is 5.10 Å². The molecule has 0 saturated carbocycles. The largest absolute Gasteiger partial charge is 0.481 e. The van der Waals surface area contributed by atoms with E-state index in [2.05, 4.69) is 5.10 Å². The van der Waals surface area contributed by atoms with Crippen molar-refractivity contribution in [3.63, 3.8) is 0 Å². The summed E-state index contributed by atoms with van der Waals surface area (Å²) in [6.07, 6.45) is 1.63. The number of aromatic nitrogens is 2. The molecule has 0 aliphatic carbocycles. The maximum atomic E-state index is 12.8. The second-order valence-electron chi connectivity index (χ2n) is 6.89. The van der Waals surface area contributed by atoms with Crippen molar-refractivity contribution in [2.75, 3.05) is 13.1 Å². The van der Waals surface area contributed by atoms with Gasteiger partial charge in [0.1, 0.15) is 11.1 Å². The van der Waals surface area contributed by atoms with Gasteiger partial charge in [0.05, 0.1) is 17.3 Å². The summed E-state index contributed by atoms with van der Waals surface area (Å²) in [4.78, 5) is 26.2. The summed E-state index contributed by atoms with van der Waals surface area (Å²) >= 11 is 6.03. The average molecular weight is 358 g/mol. The topological polar surface area (TPSA) is 95.7 Å². The van der Waals surface area contributed by atoms with Crippen LogP contribution in [0.25, 0.3) is 0 Å². The second-order valence-corrected chi connectivity index (χ2v) is 7.30. The molecular formula is C16H24ClN3O4. The molecule has 2 rings (SSSR count). The first-order valence-electron chi connectivity index (χ1n) is 8.07. The molecule has 8 heteroatoms. The predicted octanol–water partition coefficient (Wildman–Crippen LogP) is 1.79. The van der Waals surface area contributed by atoms with E-state index in [1.165, 1.54) is 15.8 Å². The minimum Gasteiger partial charge on any atom is -0.481 e. The highest BCUT2D eigenvalue weighted by Crippen LogP contribution is 2.37. The van der Waals surface area contributed by atoms with Crippen LogP contribution in [0.4, 0.5) is 0 Å². The smallest absolute Gasteiger partial charge is 0.314 e. The molecule has 1 aliphatic heterocycles. The molecule has 2 N–H and O–H groups in total. The molecule has 0 unspecified atom stereocenters. The summed E-state index contributed by atoms with van der Waals surface area (Å²) in [5, 5.41) is 24.3. The molecule has 0 bridgehead atoms. The van der Waals surface area contributed by atoms with Gasteiger partial charge in [0.15, 0.2) is 0 Å². The van der Waals surface area contributed by atoms with Crippen LogP contribution in [0.15, 0.2) is 6.20 Å². The number of piperidine rings is 1. The molecule has 24 heavy (non-hydrogen) atoms. The van der Waals surface area contributed by atoms with Gasteiger partial charge in [0.25, 0.3) is 5.91 Å². The van der Waals surface area contributed by atoms with Crippen molar-refractivity contribution in [3.05, 3.63) is 16.9 Å². The number of aliphatic hydroxyl groups excluding tert-OH is 1. The fraction of sp³-hybridized carbons (Fsp3) is 0.688. The molecule has 0 spiro atoms. The summed E-state index contributed by atoms with van der Waals surface area (Å²) in [6.45, 7) is 4.26. The molecular weight excluding hydrogens is 334 g/mol. The number of hydrogen-bond donors (Lipinski definition) is 2. The first-order chi connectivity index (χ1) is 11.2. The Labute approximate surface area is 146 Å². The van der Waals surface area contributed by atoms with Crippen molar-refractivity contribution >= 4 is 23.5 Å². The highest BCUT2D eigenvalue weighted by atomic mass is 35.5. The first-order valence-corrected chi connectivity index (χ1v) is 8.45. The first kappa shape index (κ1) is 18.7. The lowest BCUT2D eigenvalue weighted by molar-refractivity contribution is -0.163. The van der Waals surface area contributed by atoms with Crippen LogP contribution < -0.4 is 0 Å². The van der Waals surface area contributed by atoms with Crippen LogP contribution in [0.5, 0.6) is 0 Å². The van der Waals surface area contributed by atoms with Crippen LogP contribution in [0.2, 0.25) is 5.02 Å². The van der Waals surface area contributed by atoms with Crippen molar-refractivity contribution in [2.24, 2.45) is 18.4 Å². The van der Waals surface area contributed by atoms with E-state index in [9.17, 15) is 19.8 Å². The summed E-state index contributed by atoms with van der Waals surface area (Å²) in [5.74, 6) is -1.11. The molecule has 2 atom stereocenters. The number of aliphatic hydroxyl groups is 1. The van der Waals surface area contributed by atoms with Gasteiger partial charge in [0, 0.05) is 20.1 Å². The van der Waals surface area contributed by atoms with Gasteiger partial charge in [0.2, 0.25) is 0 Å². The monoisotopic (exact) mass is 357 g/mol. The Kier molecular flexibility index (Phi) is 5.55. The van der Waals surface area contributed by atoms with Gasteiger partial charge in [-0.3, -0.25) is 14.3 Å². The Balaban J connectivity index is 2.28. The number of aryl methyl sites for hydroxylation is 1. The van der Waals surface area contributed by atoms with E-state index in [1.807, 2.05) is 13.8 Å². The van der Waals surface area contributed by atoms with Crippen molar-refractivity contribution < 1.29 is 19.8 Å². The Morgan fingerprint density at radius 2 is 2.17 bits per heavy atom. The maximum absolute atomic E-state index is 12.8.